The summed E-state index contributed by atoms with van der Waals surface area (Å²) in [5.41, 5.74) is 1.07. The molecule has 154 valence electrons. The molecule has 4 saturated carbocycles. The number of hydrogen-bond acceptors (Lipinski definition) is 4. The van der Waals surface area contributed by atoms with Crippen molar-refractivity contribution in [3.05, 3.63) is 42.5 Å². The van der Waals surface area contributed by atoms with E-state index >= 15 is 0 Å². The quantitative estimate of drug-likeness (QED) is 0.732. The van der Waals surface area contributed by atoms with Crippen molar-refractivity contribution in [2.75, 3.05) is 13.7 Å². The van der Waals surface area contributed by atoms with E-state index in [-0.39, 0.29) is 16.9 Å². The number of aryl methyl sites for hydroxylation is 1. The molecule has 6 heteroatoms. The number of amides is 1. The number of hydrogen-bond donors (Lipinski definition) is 1. The van der Waals surface area contributed by atoms with Gasteiger partial charge in [0, 0.05) is 6.54 Å². The van der Waals surface area contributed by atoms with Crippen LogP contribution in [0.15, 0.2) is 36.9 Å². The molecule has 1 aromatic carbocycles. The Bertz CT molecular complexity index is 848. The monoisotopic (exact) mass is 394 g/mol. The number of benzene rings is 1. The highest BCUT2D eigenvalue weighted by Gasteiger charge is 2.61. The van der Waals surface area contributed by atoms with Crippen molar-refractivity contribution in [2.45, 2.75) is 56.9 Å². The molecule has 0 unspecified atom stereocenters. The van der Waals surface area contributed by atoms with Crippen molar-refractivity contribution >= 4 is 5.91 Å². The van der Waals surface area contributed by atoms with Crippen LogP contribution in [0.25, 0.3) is 0 Å². The third-order valence-electron chi connectivity index (χ3n) is 7.50. The molecule has 0 radical (unpaired) electrons. The highest BCUT2D eigenvalue weighted by molar-refractivity contribution is 5.83. The normalized spacial score (nSPS) is 32.3. The highest BCUT2D eigenvalue weighted by Crippen LogP contribution is 2.64. The maximum Gasteiger partial charge on any atom is 0.226 e. The van der Waals surface area contributed by atoms with Crippen molar-refractivity contribution in [3.63, 3.8) is 0 Å². The van der Waals surface area contributed by atoms with Crippen LogP contribution in [0.4, 0.5) is 0 Å². The molecule has 2 aromatic rings. The molecule has 4 fully saturated rings. The second-order valence-corrected chi connectivity index (χ2v) is 9.51. The van der Waals surface area contributed by atoms with Gasteiger partial charge in [-0.15, -0.1) is 0 Å². The number of carbonyl (C=O) groups excluding carboxylic acids is 1. The molecule has 29 heavy (non-hydrogen) atoms. The van der Waals surface area contributed by atoms with Crippen molar-refractivity contribution in [1.29, 1.82) is 0 Å². The summed E-state index contributed by atoms with van der Waals surface area (Å²) in [6.07, 6.45) is 12.0. The van der Waals surface area contributed by atoms with Gasteiger partial charge in [-0.05, 0) is 80.9 Å². The Balaban J connectivity index is 1.21. The van der Waals surface area contributed by atoms with Gasteiger partial charge in [0.2, 0.25) is 5.91 Å². The SMILES string of the molecule is COc1ccc(CCCNC(=O)C23C[C@H]4C[C@H](C2)CC(n2cncn2)(C4)C3)cc1. The summed E-state index contributed by atoms with van der Waals surface area (Å²) < 4.78 is 7.28. The van der Waals surface area contributed by atoms with E-state index in [0.717, 1.165) is 57.2 Å². The Morgan fingerprint density at radius 3 is 2.62 bits per heavy atom. The molecule has 6 nitrogen and oxygen atoms in total. The van der Waals surface area contributed by atoms with Crippen molar-refractivity contribution in [1.82, 2.24) is 20.1 Å². The molecule has 0 aliphatic heterocycles. The van der Waals surface area contributed by atoms with Crippen molar-refractivity contribution in [2.24, 2.45) is 17.3 Å². The fraction of sp³-hybridized carbons (Fsp3) is 0.609. The van der Waals surface area contributed by atoms with Crippen LogP contribution >= 0.6 is 0 Å². The Labute approximate surface area is 172 Å². The van der Waals surface area contributed by atoms with Crippen LogP contribution in [0, 0.1) is 17.3 Å². The minimum Gasteiger partial charge on any atom is -0.497 e. The molecule has 1 aromatic heterocycles. The zero-order chi connectivity index (χ0) is 19.9. The van der Waals surface area contributed by atoms with E-state index in [1.807, 2.05) is 18.5 Å². The molecular formula is C23H30N4O2. The van der Waals surface area contributed by atoms with Crippen LogP contribution in [-0.2, 0) is 16.8 Å². The summed E-state index contributed by atoms with van der Waals surface area (Å²) in [6.45, 7) is 0.734. The van der Waals surface area contributed by atoms with Gasteiger partial charge in [0.05, 0.1) is 18.1 Å². The van der Waals surface area contributed by atoms with Crippen LogP contribution in [-0.4, -0.2) is 34.3 Å². The third-order valence-corrected chi connectivity index (χ3v) is 7.50. The number of carbonyl (C=O) groups is 1. The molecular weight excluding hydrogens is 364 g/mol. The highest BCUT2D eigenvalue weighted by atomic mass is 16.5. The van der Waals surface area contributed by atoms with Crippen LogP contribution in [0.3, 0.4) is 0 Å². The molecule has 4 bridgehead atoms. The van der Waals surface area contributed by atoms with Crippen molar-refractivity contribution < 1.29 is 9.53 Å². The van der Waals surface area contributed by atoms with Crippen LogP contribution in [0.2, 0.25) is 0 Å². The standard InChI is InChI=1S/C23H30N4O2/c1-29-20-6-4-17(5-7-20)3-2-8-25-21(28)22-10-18-9-19(11-22)13-23(12-18,14-22)27-16-24-15-26-27/h4-7,15-16,18-19H,2-3,8-14H2,1H3,(H,25,28)/t18-,19-,22?,23?/m1/s1. The number of nitrogens with zero attached hydrogens (tertiary/aromatic N) is 3. The van der Waals surface area contributed by atoms with Gasteiger partial charge < -0.3 is 10.1 Å². The van der Waals surface area contributed by atoms with E-state index in [0.29, 0.717) is 11.8 Å². The maximum absolute atomic E-state index is 13.3. The zero-order valence-electron chi connectivity index (χ0n) is 17.1. The molecule has 0 saturated heterocycles. The number of methoxy groups -OCH3 is 1. The maximum atomic E-state index is 13.3. The minimum atomic E-state index is -0.212. The number of rotatable bonds is 7. The molecule has 6 rings (SSSR count). The lowest BCUT2D eigenvalue weighted by Crippen LogP contribution is -2.61. The predicted molar refractivity (Wildman–Crippen MR) is 109 cm³/mol. The fourth-order valence-corrected chi connectivity index (χ4v) is 6.68. The summed E-state index contributed by atoms with van der Waals surface area (Å²) in [6, 6.07) is 8.18. The van der Waals surface area contributed by atoms with Gasteiger partial charge >= 0.3 is 0 Å². The van der Waals surface area contributed by atoms with Crippen LogP contribution < -0.4 is 10.1 Å². The lowest BCUT2D eigenvalue weighted by molar-refractivity contribution is -0.156. The Morgan fingerprint density at radius 2 is 1.97 bits per heavy atom. The molecule has 1 amide bonds. The Morgan fingerprint density at radius 1 is 1.21 bits per heavy atom. The summed E-state index contributed by atoms with van der Waals surface area (Å²) >= 11 is 0. The Hall–Kier alpha value is -2.37. The first-order chi connectivity index (χ1) is 14.1. The van der Waals surface area contributed by atoms with E-state index < -0.39 is 0 Å². The van der Waals surface area contributed by atoms with Gasteiger partial charge in [0.15, 0.2) is 0 Å². The molecule has 2 atom stereocenters. The van der Waals surface area contributed by atoms with E-state index in [2.05, 4.69) is 32.2 Å². The van der Waals surface area contributed by atoms with Crippen molar-refractivity contribution in [3.8, 4) is 5.75 Å². The molecule has 1 heterocycles. The average Bonchev–Trinajstić information content (AvgIpc) is 3.26. The summed E-state index contributed by atoms with van der Waals surface area (Å²) in [7, 11) is 1.68. The molecule has 4 aliphatic carbocycles. The van der Waals surface area contributed by atoms with Gasteiger partial charge in [0.25, 0.3) is 0 Å². The first-order valence-electron chi connectivity index (χ1n) is 10.9. The first kappa shape index (κ1) is 18.6. The smallest absolute Gasteiger partial charge is 0.226 e. The van der Waals surface area contributed by atoms with Gasteiger partial charge in [-0.2, -0.15) is 5.10 Å². The molecule has 4 aliphatic rings. The molecule has 1 N–H and O–H groups in total. The number of aromatic nitrogens is 3. The van der Waals surface area contributed by atoms with E-state index in [1.54, 1.807) is 13.4 Å². The number of nitrogens with one attached hydrogen (secondary N) is 1. The first-order valence-corrected chi connectivity index (χ1v) is 10.9. The second-order valence-electron chi connectivity index (χ2n) is 9.51. The van der Waals surface area contributed by atoms with Gasteiger partial charge in [-0.1, -0.05) is 12.1 Å². The van der Waals surface area contributed by atoms with Gasteiger partial charge in [-0.3, -0.25) is 4.79 Å². The van der Waals surface area contributed by atoms with E-state index in [4.69, 9.17) is 4.74 Å². The largest absolute Gasteiger partial charge is 0.497 e. The summed E-state index contributed by atoms with van der Waals surface area (Å²) in [4.78, 5) is 17.5. The minimum absolute atomic E-state index is 0.00101. The third kappa shape index (κ3) is 3.32. The van der Waals surface area contributed by atoms with Crippen LogP contribution in [0.5, 0.6) is 5.75 Å². The average molecular weight is 395 g/mol. The van der Waals surface area contributed by atoms with Gasteiger partial charge in [0.1, 0.15) is 18.4 Å². The number of ether oxygens (including phenoxy) is 1. The topological polar surface area (TPSA) is 69.0 Å². The zero-order valence-corrected chi connectivity index (χ0v) is 17.1. The fourth-order valence-electron chi connectivity index (χ4n) is 6.68. The summed E-state index contributed by atoms with van der Waals surface area (Å²) in [5, 5.41) is 7.77. The second kappa shape index (κ2) is 7.15. The predicted octanol–water partition coefficient (Wildman–Crippen LogP) is 3.33. The Kier molecular flexibility index (Phi) is 4.60. The van der Waals surface area contributed by atoms with E-state index in [9.17, 15) is 4.79 Å². The lowest BCUT2D eigenvalue weighted by Gasteiger charge is -2.60. The summed E-state index contributed by atoms with van der Waals surface area (Å²) in [5.74, 6) is 2.44. The lowest BCUT2D eigenvalue weighted by atomic mass is 9.46. The molecule has 0 spiro atoms. The van der Waals surface area contributed by atoms with Gasteiger partial charge in [-0.25, -0.2) is 9.67 Å². The van der Waals surface area contributed by atoms with Crippen LogP contribution in [0.1, 0.15) is 50.5 Å². The van der Waals surface area contributed by atoms with E-state index in [1.165, 1.54) is 12.0 Å².